The number of hydrogen-bond acceptors (Lipinski definition) is 3. The van der Waals surface area contributed by atoms with Crippen LogP contribution < -0.4 is 4.74 Å². The maximum atomic E-state index is 13.0. The molecule has 4 heteroatoms. The Balaban J connectivity index is 1.64. The van der Waals surface area contributed by atoms with Gasteiger partial charge in [-0.15, -0.1) is 0 Å². The van der Waals surface area contributed by atoms with Crippen molar-refractivity contribution in [2.24, 2.45) is 0 Å². The topological polar surface area (TPSA) is 43.4 Å². The average molecular weight is 362 g/mol. The molecule has 0 atom stereocenters. The van der Waals surface area contributed by atoms with Gasteiger partial charge in [0.25, 0.3) is 0 Å². The molecule has 0 aromatic heterocycles. The standard InChI is InChI=1S/C23H19FO3/c1-15-3-4-17(13-16(15)2)14-22(25)27-21-11-7-19(8-12-21)23(26)18-5-9-20(24)10-6-18/h3-13H,14H2,1-2H3. The molecule has 0 bridgehead atoms. The molecule has 0 heterocycles. The van der Waals surface area contributed by atoms with E-state index in [0.717, 1.165) is 11.1 Å². The first kappa shape index (κ1) is 18.5. The molecule has 0 aliphatic rings. The van der Waals surface area contributed by atoms with Crippen LogP contribution in [0.3, 0.4) is 0 Å². The van der Waals surface area contributed by atoms with Crippen LogP contribution in [0.25, 0.3) is 0 Å². The monoisotopic (exact) mass is 362 g/mol. The molecule has 0 fully saturated rings. The van der Waals surface area contributed by atoms with Crippen LogP contribution in [0.2, 0.25) is 0 Å². The van der Waals surface area contributed by atoms with Gasteiger partial charge >= 0.3 is 5.97 Å². The number of hydrogen-bond donors (Lipinski definition) is 0. The molecule has 0 spiro atoms. The Morgan fingerprint density at radius 3 is 2.00 bits per heavy atom. The number of aryl methyl sites for hydroxylation is 2. The molecule has 3 nitrogen and oxygen atoms in total. The molecule has 0 aliphatic carbocycles. The summed E-state index contributed by atoms with van der Waals surface area (Å²) in [7, 11) is 0. The Kier molecular flexibility index (Phi) is 5.46. The summed E-state index contributed by atoms with van der Waals surface area (Å²) in [4.78, 5) is 24.5. The average Bonchev–Trinajstić information content (AvgIpc) is 2.65. The number of ketones is 1. The van der Waals surface area contributed by atoms with Crippen molar-refractivity contribution in [2.45, 2.75) is 20.3 Å². The minimum Gasteiger partial charge on any atom is -0.426 e. The molecule has 0 unspecified atom stereocenters. The van der Waals surface area contributed by atoms with E-state index in [1.165, 1.54) is 29.8 Å². The molecule has 3 aromatic carbocycles. The third-order valence-electron chi connectivity index (χ3n) is 4.37. The van der Waals surface area contributed by atoms with Crippen LogP contribution in [0, 0.1) is 19.7 Å². The second-order valence-corrected chi connectivity index (χ2v) is 6.43. The predicted octanol–water partition coefficient (Wildman–Crippen LogP) is 4.82. The molecule has 0 saturated carbocycles. The van der Waals surface area contributed by atoms with E-state index in [1.54, 1.807) is 24.3 Å². The molecule has 0 N–H and O–H groups in total. The lowest BCUT2D eigenvalue weighted by atomic mass is 10.0. The van der Waals surface area contributed by atoms with Gasteiger partial charge in [-0.1, -0.05) is 18.2 Å². The SMILES string of the molecule is Cc1ccc(CC(=O)Oc2ccc(C(=O)c3ccc(F)cc3)cc2)cc1C. The normalized spacial score (nSPS) is 10.5. The highest BCUT2D eigenvalue weighted by Gasteiger charge is 2.11. The van der Waals surface area contributed by atoms with Crippen LogP contribution in [-0.4, -0.2) is 11.8 Å². The fraction of sp³-hybridized carbons (Fsp3) is 0.130. The van der Waals surface area contributed by atoms with Gasteiger partial charge in [-0.05, 0) is 79.1 Å². The maximum absolute atomic E-state index is 13.0. The van der Waals surface area contributed by atoms with Gasteiger partial charge in [0.2, 0.25) is 0 Å². The molecule has 0 amide bonds. The van der Waals surface area contributed by atoms with Crippen molar-refractivity contribution < 1.29 is 18.7 Å². The van der Waals surface area contributed by atoms with E-state index in [9.17, 15) is 14.0 Å². The predicted molar refractivity (Wildman–Crippen MR) is 102 cm³/mol. The second-order valence-electron chi connectivity index (χ2n) is 6.43. The van der Waals surface area contributed by atoms with Crippen molar-refractivity contribution >= 4 is 11.8 Å². The van der Waals surface area contributed by atoms with Crippen molar-refractivity contribution in [3.63, 3.8) is 0 Å². The first-order valence-electron chi connectivity index (χ1n) is 8.59. The highest BCUT2D eigenvalue weighted by atomic mass is 19.1. The van der Waals surface area contributed by atoms with E-state index in [-0.39, 0.29) is 18.2 Å². The lowest BCUT2D eigenvalue weighted by molar-refractivity contribution is -0.133. The zero-order valence-electron chi connectivity index (χ0n) is 15.2. The van der Waals surface area contributed by atoms with Gasteiger partial charge in [-0.3, -0.25) is 9.59 Å². The molecule has 3 aromatic rings. The molecule has 0 radical (unpaired) electrons. The molecule has 0 saturated heterocycles. The van der Waals surface area contributed by atoms with Gasteiger partial charge in [-0.25, -0.2) is 4.39 Å². The largest absolute Gasteiger partial charge is 0.426 e. The van der Waals surface area contributed by atoms with Gasteiger partial charge in [0.1, 0.15) is 11.6 Å². The summed E-state index contributed by atoms with van der Waals surface area (Å²) in [6, 6.07) is 17.6. The van der Waals surface area contributed by atoms with Gasteiger partial charge < -0.3 is 4.74 Å². The van der Waals surface area contributed by atoms with E-state index in [0.29, 0.717) is 16.9 Å². The number of benzene rings is 3. The number of halogens is 1. The van der Waals surface area contributed by atoms with Gasteiger partial charge in [0.15, 0.2) is 5.78 Å². The summed E-state index contributed by atoms with van der Waals surface area (Å²) in [5.74, 6) is -0.601. The van der Waals surface area contributed by atoms with Crippen molar-refractivity contribution in [3.05, 3.63) is 100 Å². The third-order valence-corrected chi connectivity index (χ3v) is 4.37. The molecule has 136 valence electrons. The van der Waals surface area contributed by atoms with Crippen LogP contribution in [0.5, 0.6) is 5.75 Å². The van der Waals surface area contributed by atoms with Gasteiger partial charge in [0.05, 0.1) is 6.42 Å². The smallest absolute Gasteiger partial charge is 0.315 e. The van der Waals surface area contributed by atoms with Crippen LogP contribution in [0.1, 0.15) is 32.6 Å². The number of carbonyl (C=O) groups excluding carboxylic acids is 2. The highest BCUT2D eigenvalue weighted by molar-refractivity contribution is 6.09. The molecular formula is C23H19FO3. The molecule has 0 aliphatic heterocycles. The summed E-state index contributed by atoms with van der Waals surface area (Å²) < 4.78 is 18.3. The molecule has 27 heavy (non-hydrogen) atoms. The van der Waals surface area contributed by atoms with Crippen molar-refractivity contribution in [1.82, 2.24) is 0 Å². The van der Waals surface area contributed by atoms with E-state index in [1.807, 2.05) is 32.0 Å². The van der Waals surface area contributed by atoms with E-state index in [4.69, 9.17) is 4.74 Å². The minimum absolute atomic E-state index is 0.178. The summed E-state index contributed by atoms with van der Waals surface area (Å²) in [6.07, 6.45) is 0.178. The summed E-state index contributed by atoms with van der Waals surface area (Å²) in [5, 5.41) is 0. The number of ether oxygens (including phenoxy) is 1. The maximum Gasteiger partial charge on any atom is 0.315 e. The van der Waals surface area contributed by atoms with Gasteiger partial charge in [-0.2, -0.15) is 0 Å². The lowest BCUT2D eigenvalue weighted by Crippen LogP contribution is -2.11. The lowest BCUT2D eigenvalue weighted by Gasteiger charge is -2.07. The summed E-state index contributed by atoms with van der Waals surface area (Å²) in [6.45, 7) is 4.02. The Hall–Kier alpha value is -3.27. The van der Waals surface area contributed by atoms with Crippen LogP contribution in [0.4, 0.5) is 4.39 Å². The zero-order valence-corrected chi connectivity index (χ0v) is 15.2. The molecular weight excluding hydrogens is 343 g/mol. The highest BCUT2D eigenvalue weighted by Crippen LogP contribution is 2.17. The number of esters is 1. The van der Waals surface area contributed by atoms with Crippen molar-refractivity contribution in [3.8, 4) is 5.75 Å². The zero-order chi connectivity index (χ0) is 19.4. The first-order chi connectivity index (χ1) is 12.9. The first-order valence-corrected chi connectivity index (χ1v) is 8.59. The summed E-state index contributed by atoms with van der Waals surface area (Å²) in [5.41, 5.74) is 4.04. The molecule has 3 rings (SSSR count). The van der Waals surface area contributed by atoms with Crippen molar-refractivity contribution in [1.29, 1.82) is 0 Å². The Bertz CT molecular complexity index is 974. The van der Waals surface area contributed by atoms with E-state index in [2.05, 4.69) is 0 Å². The number of rotatable bonds is 5. The fourth-order valence-corrected chi connectivity index (χ4v) is 2.69. The quantitative estimate of drug-likeness (QED) is 0.371. The van der Waals surface area contributed by atoms with Crippen LogP contribution >= 0.6 is 0 Å². The fourth-order valence-electron chi connectivity index (χ4n) is 2.69. The van der Waals surface area contributed by atoms with E-state index < -0.39 is 5.82 Å². The van der Waals surface area contributed by atoms with Crippen LogP contribution in [0.15, 0.2) is 66.7 Å². The van der Waals surface area contributed by atoms with E-state index >= 15 is 0 Å². The minimum atomic E-state index is -0.391. The van der Waals surface area contributed by atoms with Crippen molar-refractivity contribution in [2.75, 3.05) is 0 Å². The Labute approximate surface area is 157 Å². The number of carbonyl (C=O) groups is 2. The van der Waals surface area contributed by atoms with Crippen LogP contribution in [-0.2, 0) is 11.2 Å². The Morgan fingerprint density at radius 2 is 1.41 bits per heavy atom. The Morgan fingerprint density at radius 1 is 0.815 bits per heavy atom. The third kappa shape index (κ3) is 4.67. The van der Waals surface area contributed by atoms with Gasteiger partial charge in [0, 0.05) is 11.1 Å². The summed E-state index contributed by atoms with van der Waals surface area (Å²) >= 11 is 0. The second kappa shape index (κ2) is 7.96.